The van der Waals surface area contributed by atoms with Crippen LogP contribution in [0.2, 0.25) is 0 Å². The minimum absolute atomic E-state index is 0.875. The Bertz CT molecular complexity index is 140. The Morgan fingerprint density at radius 2 is 2.07 bits per heavy atom. The van der Waals surface area contributed by atoms with E-state index < -0.39 is 0 Å². The molecule has 0 bridgehead atoms. The number of nitrogens with one attached hydrogen (secondary N) is 1. The quantitative estimate of drug-likeness (QED) is 0.438. The predicted octanol–water partition coefficient (Wildman–Crippen LogP) is 3.76. The van der Waals surface area contributed by atoms with Crippen molar-refractivity contribution in [1.29, 1.82) is 0 Å². The van der Waals surface area contributed by atoms with Crippen LogP contribution in [-0.2, 0) is 0 Å². The molecule has 1 heteroatoms. The Morgan fingerprint density at radius 1 is 1.36 bits per heavy atom. The van der Waals surface area contributed by atoms with Crippen LogP contribution in [0.3, 0.4) is 0 Å². The molecule has 0 aliphatic rings. The highest BCUT2D eigenvalue weighted by atomic mass is 14.8. The van der Waals surface area contributed by atoms with Crippen molar-refractivity contribution >= 4 is 0 Å². The summed E-state index contributed by atoms with van der Waals surface area (Å²) >= 11 is 0. The van der Waals surface area contributed by atoms with Gasteiger partial charge >= 0.3 is 0 Å². The van der Waals surface area contributed by atoms with E-state index in [0.29, 0.717) is 0 Å². The third kappa shape index (κ3) is 8.31. The molecule has 0 heterocycles. The van der Waals surface area contributed by atoms with Crippen molar-refractivity contribution < 1.29 is 0 Å². The standard InChI is InChI=1S/C13H27N/c1-5-7-8-13(6-2)11-14-10-9-12(3)4/h13-14H,3,5-11H2,1-2,4H3. The van der Waals surface area contributed by atoms with E-state index in [9.17, 15) is 0 Å². The minimum atomic E-state index is 0.875. The fourth-order valence-electron chi connectivity index (χ4n) is 1.55. The summed E-state index contributed by atoms with van der Waals surface area (Å²) in [5.41, 5.74) is 1.28. The highest BCUT2D eigenvalue weighted by Crippen LogP contribution is 2.11. The van der Waals surface area contributed by atoms with Gasteiger partial charge in [-0.25, -0.2) is 0 Å². The first-order valence-electron chi connectivity index (χ1n) is 6.05. The molecule has 1 nitrogen and oxygen atoms in total. The van der Waals surface area contributed by atoms with Gasteiger partial charge in [0, 0.05) is 0 Å². The fourth-order valence-corrected chi connectivity index (χ4v) is 1.55. The summed E-state index contributed by atoms with van der Waals surface area (Å²) in [6.45, 7) is 12.8. The molecule has 0 saturated heterocycles. The van der Waals surface area contributed by atoms with E-state index in [1.807, 2.05) is 0 Å². The van der Waals surface area contributed by atoms with Crippen LogP contribution in [0.4, 0.5) is 0 Å². The van der Waals surface area contributed by atoms with E-state index >= 15 is 0 Å². The van der Waals surface area contributed by atoms with Gasteiger partial charge in [0.2, 0.25) is 0 Å². The number of hydrogen-bond acceptors (Lipinski definition) is 1. The maximum absolute atomic E-state index is 3.90. The fraction of sp³-hybridized carbons (Fsp3) is 0.846. The zero-order chi connectivity index (χ0) is 10.8. The summed E-state index contributed by atoms with van der Waals surface area (Å²) in [7, 11) is 0. The van der Waals surface area contributed by atoms with Crippen LogP contribution in [0.1, 0.15) is 52.9 Å². The molecule has 0 aliphatic heterocycles. The molecule has 14 heavy (non-hydrogen) atoms. The van der Waals surface area contributed by atoms with Gasteiger partial charge in [0.05, 0.1) is 0 Å². The molecule has 0 aromatic heterocycles. The smallest absolute Gasteiger partial charge is 0.00117 e. The molecule has 0 spiro atoms. The van der Waals surface area contributed by atoms with Crippen molar-refractivity contribution in [3.05, 3.63) is 12.2 Å². The molecule has 1 atom stereocenters. The molecule has 0 amide bonds. The Labute approximate surface area is 90.0 Å². The highest BCUT2D eigenvalue weighted by Gasteiger charge is 2.04. The molecule has 0 aliphatic carbocycles. The SMILES string of the molecule is C=C(C)CCNCC(CC)CCCC. The molecule has 0 radical (unpaired) electrons. The van der Waals surface area contributed by atoms with Gasteiger partial charge in [-0.1, -0.05) is 38.7 Å². The first-order chi connectivity index (χ1) is 6.70. The van der Waals surface area contributed by atoms with E-state index in [2.05, 4.69) is 32.7 Å². The van der Waals surface area contributed by atoms with Crippen LogP contribution in [0, 0.1) is 5.92 Å². The first kappa shape index (κ1) is 13.7. The van der Waals surface area contributed by atoms with Crippen LogP contribution in [0.25, 0.3) is 0 Å². The van der Waals surface area contributed by atoms with Gasteiger partial charge in [0.15, 0.2) is 0 Å². The highest BCUT2D eigenvalue weighted by molar-refractivity contribution is 4.88. The van der Waals surface area contributed by atoms with Gasteiger partial charge in [-0.15, -0.1) is 6.58 Å². The maximum Gasteiger partial charge on any atom is -0.00117 e. The van der Waals surface area contributed by atoms with E-state index in [1.54, 1.807) is 0 Å². The second-order valence-corrected chi connectivity index (χ2v) is 4.33. The second-order valence-electron chi connectivity index (χ2n) is 4.33. The van der Waals surface area contributed by atoms with Crippen molar-refractivity contribution in [1.82, 2.24) is 5.32 Å². The van der Waals surface area contributed by atoms with Crippen molar-refractivity contribution in [2.24, 2.45) is 5.92 Å². The molecule has 0 saturated carbocycles. The lowest BCUT2D eigenvalue weighted by Crippen LogP contribution is -2.23. The largest absolute Gasteiger partial charge is 0.316 e. The summed E-state index contributed by atoms with van der Waals surface area (Å²) in [5.74, 6) is 0.875. The summed E-state index contributed by atoms with van der Waals surface area (Å²) in [5, 5.41) is 3.52. The van der Waals surface area contributed by atoms with Crippen molar-refractivity contribution in [2.45, 2.75) is 52.9 Å². The summed E-state index contributed by atoms with van der Waals surface area (Å²) in [6, 6.07) is 0. The second kappa shape index (κ2) is 9.26. The Kier molecular flexibility index (Phi) is 9.06. The predicted molar refractivity (Wildman–Crippen MR) is 65.6 cm³/mol. The molecule has 1 unspecified atom stereocenters. The van der Waals surface area contributed by atoms with Crippen molar-refractivity contribution in [2.75, 3.05) is 13.1 Å². The molecular weight excluding hydrogens is 170 g/mol. The maximum atomic E-state index is 3.90. The Morgan fingerprint density at radius 3 is 2.57 bits per heavy atom. The van der Waals surface area contributed by atoms with Gasteiger partial charge in [-0.3, -0.25) is 0 Å². The molecular formula is C13H27N. The third-order valence-electron chi connectivity index (χ3n) is 2.70. The van der Waals surface area contributed by atoms with E-state index in [4.69, 9.17) is 0 Å². The minimum Gasteiger partial charge on any atom is -0.316 e. The van der Waals surface area contributed by atoms with E-state index in [0.717, 1.165) is 18.9 Å². The van der Waals surface area contributed by atoms with Crippen molar-refractivity contribution in [3.8, 4) is 0 Å². The molecule has 1 N–H and O–H groups in total. The number of unbranched alkanes of at least 4 members (excludes halogenated alkanes) is 1. The zero-order valence-electron chi connectivity index (χ0n) is 10.2. The lowest BCUT2D eigenvalue weighted by molar-refractivity contribution is 0.421. The summed E-state index contributed by atoms with van der Waals surface area (Å²) in [6.07, 6.45) is 6.50. The molecule has 0 fully saturated rings. The normalized spacial score (nSPS) is 12.8. The summed E-state index contributed by atoms with van der Waals surface area (Å²) < 4.78 is 0. The Hall–Kier alpha value is -0.300. The molecule has 0 rings (SSSR count). The van der Waals surface area contributed by atoms with Gasteiger partial charge in [-0.2, -0.15) is 0 Å². The average Bonchev–Trinajstić information content (AvgIpc) is 2.16. The van der Waals surface area contributed by atoms with Crippen LogP contribution in [-0.4, -0.2) is 13.1 Å². The van der Waals surface area contributed by atoms with Gasteiger partial charge in [0.1, 0.15) is 0 Å². The topological polar surface area (TPSA) is 12.0 Å². The molecule has 0 aromatic carbocycles. The zero-order valence-corrected chi connectivity index (χ0v) is 10.2. The van der Waals surface area contributed by atoms with Gasteiger partial charge in [-0.05, 0) is 38.8 Å². The van der Waals surface area contributed by atoms with Crippen LogP contribution >= 0.6 is 0 Å². The van der Waals surface area contributed by atoms with Crippen LogP contribution in [0.5, 0.6) is 0 Å². The van der Waals surface area contributed by atoms with E-state index in [1.165, 1.54) is 37.8 Å². The molecule has 0 aromatic rings. The Balaban J connectivity index is 3.37. The van der Waals surface area contributed by atoms with Crippen molar-refractivity contribution in [3.63, 3.8) is 0 Å². The van der Waals surface area contributed by atoms with Gasteiger partial charge in [0.25, 0.3) is 0 Å². The van der Waals surface area contributed by atoms with Crippen LogP contribution in [0.15, 0.2) is 12.2 Å². The lowest BCUT2D eigenvalue weighted by atomic mass is 9.99. The van der Waals surface area contributed by atoms with Crippen LogP contribution < -0.4 is 5.32 Å². The first-order valence-corrected chi connectivity index (χ1v) is 6.05. The van der Waals surface area contributed by atoms with Gasteiger partial charge < -0.3 is 5.32 Å². The monoisotopic (exact) mass is 197 g/mol. The summed E-state index contributed by atoms with van der Waals surface area (Å²) in [4.78, 5) is 0. The number of hydrogen-bond donors (Lipinski definition) is 1. The average molecular weight is 197 g/mol. The lowest BCUT2D eigenvalue weighted by Gasteiger charge is -2.15. The third-order valence-corrected chi connectivity index (χ3v) is 2.70. The number of rotatable bonds is 9. The van der Waals surface area contributed by atoms with E-state index in [-0.39, 0.29) is 0 Å². The molecule has 84 valence electrons.